The van der Waals surface area contributed by atoms with Gasteiger partial charge in [0.25, 0.3) is 0 Å². The molecule has 2 aromatic carbocycles. The van der Waals surface area contributed by atoms with Crippen molar-refractivity contribution in [2.75, 3.05) is 7.11 Å². The molecule has 0 unspecified atom stereocenters. The zero-order valence-electron chi connectivity index (χ0n) is 17.8. The molecule has 0 amide bonds. The number of hydrogen-bond acceptors (Lipinski definition) is 4. The maximum absolute atomic E-state index is 13.4. The van der Waals surface area contributed by atoms with Gasteiger partial charge in [-0.2, -0.15) is 0 Å². The second-order valence-electron chi connectivity index (χ2n) is 8.29. The zero-order valence-corrected chi connectivity index (χ0v) is 17.8. The quantitative estimate of drug-likeness (QED) is 0.413. The maximum atomic E-state index is 13.4. The largest absolute Gasteiger partial charge is 0.497 e. The summed E-state index contributed by atoms with van der Waals surface area (Å²) >= 11 is 0. The molecule has 1 fully saturated rings. The molecule has 5 aromatic rings. The number of nitrogens with zero attached hydrogens (tertiary/aromatic N) is 5. The Labute approximate surface area is 184 Å². The van der Waals surface area contributed by atoms with Crippen molar-refractivity contribution in [1.82, 2.24) is 23.7 Å². The van der Waals surface area contributed by atoms with Crippen molar-refractivity contribution in [3.8, 4) is 5.75 Å². The molecule has 3 aromatic heterocycles. The second-order valence-corrected chi connectivity index (χ2v) is 8.29. The van der Waals surface area contributed by atoms with Crippen molar-refractivity contribution >= 4 is 22.1 Å². The number of rotatable bonds is 6. The number of benzene rings is 2. The minimum atomic E-state index is 0.0125. The number of ether oxygens (including phenoxy) is 1. The van der Waals surface area contributed by atoms with Gasteiger partial charge in [0.1, 0.15) is 11.6 Å². The highest BCUT2D eigenvalue weighted by molar-refractivity contribution is 5.77. The minimum Gasteiger partial charge on any atom is -0.497 e. The highest BCUT2D eigenvalue weighted by atomic mass is 16.5. The topological polar surface area (TPSA) is 66.9 Å². The molecule has 0 spiro atoms. The molecule has 7 nitrogen and oxygen atoms in total. The fourth-order valence-electron chi connectivity index (χ4n) is 4.44. The van der Waals surface area contributed by atoms with Crippen molar-refractivity contribution in [1.29, 1.82) is 0 Å². The lowest BCUT2D eigenvalue weighted by molar-refractivity contribution is 0.414. The molecule has 32 heavy (non-hydrogen) atoms. The van der Waals surface area contributed by atoms with Crippen LogP contribution in [0.15, 0.2) is 71.8 Å². The first-order valence-corrected chi connectivity index (χ1v) is 10.8. The first kappa shape index (κ1) is 18.9. The van der Waals surface area contributed by atoms with E-state index < -0.39 is 0 Å². The summed E-state index contributed by atoms with van der Waals surface area (Å²) in [6, 6.07) is 18.4. The summed E-state index contributed by atoms with van der Waals surface area (Å²) in [6.45, 7) is 1.06. The van der Waals surface area contributed by atoms with E-state index in [1.807, 2.05) is 45.5 Å². The van der Waals surface area contributed by atoms with Gasteiger partial charge in [-0.25, -0.2) is 9.78 Å². The van der Waals surface area contributed by atoms with Gasteiger partial charge < -0.3 is 9.30 Å². The second kappa shape index (κ2) is 7.37. The molecular weight excluding hydrogens is 402 g/mol. The van der Waals surface area contributed by atoms with Gasteiger partial charge in [-0.1, -0.05) is 24.3 Å². The lowest BCUT2D eigenvalue weighted by Crippen LogP contribution is -2.25. The average Bonchev–Trinajstić information content (AvgIpc) is 3.55. The number of methoxy groups -OCH3 is 1. The van der Waals surface area contributed by atoms with Crippen LogP contribution in [0.3, 0.4) is 0 Å². The Kier molecular flexibility index (Phi) is 4.35. The van der Waals surface area contributed by atoms with Crippen LogP contribution < -0.4 is 10.4 Å². The predicted molar refractivity (Wildman–Crippen MR) is 123 cm³/mol. The lowest BCUT2D eigenvalue weighted by Gasteiger charge is -2.11. The van der Waals surface area contributed by atoms with Crippen LogP contribution >= 0.6 is 0 Å². The Morgan fingerprint density at radius 1 is 0.938 bits per heavy atom. The fourth-order valence-corrected chi connectivity index (χ4v) is 4.44. The Morgan fingerprint density at radius 2 is 1.75 bits per heavy atom. The SMILES string of the molecule is COc1ccc(Cn2c(Cn3c(=O)n(C4CC4)c4ccncc43)nc3ccccc32)cc1. The van der Waals surface area contributed by atoms with Crippen LogP contribution in [-0.4, -0.2) is 30.8 Å². The molecular formula is C25H23N5O2. The molecule has 0 saturated heterocycles. The van der Waals surface area contributed by atoms with Crippen LogP contribution in [0, 0.1) is 0 Å². The van der Waals surface area contributed by atoms with E-state index in [4.69, 9.17) is 9.72 Å². The molecule has 1 aliphatic carbocycles. The van der Waals surface area contributed by atoms with Gasteiger partial charge >= 0.3 is 5.69 Å². The standard InChI is InChI=1S/C25H23N5O2/c1-32-19-10-6-17(7-11-19)15-28-21-5-3-2-4-20(21)27-24(28)16-29-23-14-26-13-12-22(23)30(25(29)31)18-8-9-18/h2-7,10-14,18H,8-9,15-16H2,1H3. The number of aromatic nitrogens is 5. The number of imidazole rings is 2. The molecule has 1 aliphatic rings. The van der Waals surface area contributed by atoms with E-state index in [0.717, 1.165) is 52.0 Å². The highest BCUT2D eigenvalue weighted by Crippen LogP contribution is 2.36. The highest BCUT2D eigenvalue weighted by Gasteiger charge is 2.29. The summed E-state index contributed by atoms with van der Waals surface area (Å²) in [4.78, 5) is 22.6. The molecule has 6 rings (SSSR count). The first-order valence-electron chi connectivity index (χ1n) is 10.8. The summed E-state index contributed by atoms with van der Waals surface area (Å²) in [5.41, 5.74) is 4.93. The number of hydrogen-bond donors (Lipinski definition) is 0. The van der Waals surface area contributed by atoms with Gasteiger partial charge in [-0.15, -0.1) is 0 Å². The van der Waals surface area contributed by atoms with Gasteiger partial charge in [-0.3, -0.25) is 14.1 Å². The van der Waals surface area contributed by atoms with Gasteiger partial charge in [0.2, 0.25) is 0 Å². The number of fused-ring (bicyclic) bond motifs is 2. The van der Waals surface area contributed by atoms with Gasteiger partial charge in [-0.05, 0) is 48.7 Å². The third kappa shape index (κ3) is 3.09. The molecule has 7 heteroatoms. The lowest BCUT2D eigenvalue weighted by atomic mass is 10.2. The van der Waals surface area contributed by atoms with Crippen LogP contribution in [0.5, 0.6) is 5.75 Å². The molecule has 0 radical (unpaired) electrons. The van der Waals surface area contributed by atoms with Crippen LogP contribution in [0.1, 0.15) is 30.3 Å². The molecule has 0 N–H and O–H groups in total. The van der Waals surface area contributed by atoms with E-state index in [1.54, 1.807) is 19.5 Å². The first-order chi connectivity index (χ1) is 15.7. The Balaban J connectivity index is 1.47. The van der Waals surface area contributed by atoms with E-state index >= 15 is 0 Å². The molecule has 0 atom stereocenters. The predicted octanol–water partition coefficient (Wildman–Crippen LogP) is 3.99. The van der Waals surface area contributed by atoms with Crippen molar-refractivity contribution in [3.63, 3.8) is 0 Å². The summed E-state index contributed by atoms with van der Waals surface area (Å²) in [5, 5.41) is 0. The van der Waals surface area contributed by atoms with Crippen LogP contribution in [0.25, 0.3) is 22.1 Å². The van der Waals surface area contributed by atoms with E-state index in [2.05, 4.69) is 27.8 Å². The molecule has 0 aliphatic heterocycles. The monoisotopic (exact) mass is 425 g/mol. The maximum Gasteiger partial charge on any atom is 0.329 e. The van der Waals surface area contributed by atoms with Gasteiger partial charge in [0.15, 0.2) is 0 Å². The van der Waals surface area contributed by atoms with E-state index in [9.17, 15) is 4.79 Å². The smallest absolute Gasteiger partial charge is 0.329 e. The third-order valence-electron chi connectivity index (χ3n) is 6.21. The van der Waals surface area contributed by atoms with E-state index in [-0.39, 0.29) is 5.69 Å². The average molecular weight is 425 g/mol. The Bertz CT molecular complexity index is 1490. The molecule has 1 saturated carbocycles. The number of pyridine rings is 1. The van der Waals surface area contributed by atoms with Crippen molar-refractivity contribution in [2.45, 2.75) is 32.0 Å². The fraction of sp³-hybridized carbons (Fsp3) is 0.240. The van der Waals surface area contributed by atoms with Crippen molar-refractivity contribution in [3.05, 3.63) is 88.9 Å². The van der Waals surface area contributed by atoms with E-state index in [0.29, 0.717) is 19.1 Å². The Morgan fingerprint density at radius 3 is 2.53 bits per heavy atom. The molecule has 160 valence electrons. The Hall–Kier alpha value is -3.87. The van der Waals surface area contributed by atoms with Gasteiger partial charge in [0.05, 0.1) is 41.9 Å². The van der Waals surface area contributed by atoms with Gasteiger partial charge in [0, 0.05) is 18.8 Å². The summed E-state index contributed by atoms with van der Waals surface area (Å²) in [7, 11) is 1.67. The number of para-hydroxylation sites is 2. The van der Waals surface area contributed by atoms with E-state index in [1.165, 1.54) is 0 Å². The molecule has 3 heterocycles. The minimum absolute atomic E-state index is 0.0125. The summed E-state index contributed by atoms with van der Waals surface area (Å²) < 4.78 is 11.2. The normalized spacial score (nSPS) is 13.8. The van der Waals surface area contributed by atoms with Crippen molar-refractivity contribution < 1.29 is 4.74 Å². The zero-order chi connectivity index (χ0) is 21.7. The summed E-state index contributed by atoms with van der Waals surface area (Å²) in [6.07, 6.45) is 5.64. The van der Waals surface area contributed by atoms with Crippen LogP contribution in [-0.2, 0) is 13.1 Å². The van der Waals surface area contributed by atoms with Crippen LogP contribution in [0.2, 0.25) is 0 Å². The summed E-state index contributed by atoms with van der Waals surface area (Å²) in [5.74, 6) is 1.68. The van der Waals surface area contributed by atoms with Crippen LogP contribution in [0.4, 0.5) is 0 Å². The van der Waals surface area contributed by atoms with Crippen molar-refractivity contribution in [2.24, 2.45) is 0 Å². The third-order valence-corrected chi connectivity index (χ3v) is 6.21. The molecule has 0 bridgehead atoms.